The van der Waals surface area contributed by atoms with E-state index in [1.807, 2.05) is 0 Å². The normalized spacial score (nSPS) is 18.3. The lowest BCUT2D eigenvalue weighted by Crippen LogP contribution is -2.53. The molecule has 1 aliphatic heterocycles. The van der Waals surface area contributed by atoms with E-state index in [9.17, 15) is 22.4 Å². The fourth-order valence-electron chi connectivity index (χ4n) is 2.60. The third-order valence-electron chi connectivity index (χ3n) is 3.95. The first-order valence-electron chi connectivity index (χ1n) is 8.61. The third kappa shape index (κ3) is 5.24. The quantitative estimate of drug-likeness (QED) is 0.700. The van der Waals surface area contributed by atoms with Crippen LogP contribution in [0, 0.1) is 12.7 Å². The highest BCUT2D eigenvalue weighted by atomic mass is 32.2. The van der Waals surface area contributed by atoms with Gasteiger partial charge in [-0.05, 0) is 51.0 Å². The van der Waals surface area contributed by atoms with Gasteiger partial charge in [0.15, 0.2) is 0 Å². The van der Waals surface area contributed by atoms with E-state index in [1.54, 1.807) is 13.8 Å². The number of halogens is 1. The van der Waals surface area contributed by atoms with Gasteiger partial charge < -0.3 is 15.4 Å². The van der Waals surface area contributed by atoms with E-state index in [0.29, 0.717) is 13.0 Å². The highest BCUT2D eigenvalue weighted by Crippen LogP contribution is 2.23. The average Bonchev–Trinajstić information content (AvgIpc) is 2.61. The zero-order valence-corrected chi connectivity index (χ0v) is 16.3. The van der Waals surface area contributed by atoms with E-state index in [2.05, 4.69) is 10.6 Å². The first-order valence-corrected chi connectivity index (χ1v) is 10.0. The molecule has 1 aromatic rings. The zero-order chi connectivity index (χ0) is 20.2. The number of amides is 2. The molecule has 10 heteroatoms. The van der Waals surface area contributed by atoms with E-state index in [0.717, 1.165) is 10.4 Å². The number of nitrogens with zero attached hydrogens (tertiary/aromatic N) is 1. The van der Waals surface area contributed by atoms with Crippen molar-refractivity contribution in [1.82, 2.24) is 14.9 Å². The summed E-state index contributed by atoms with van der Waals surface area (Å²) in [6, 6.07) is 3.34. The number of carbonyl (C=O) groups is 2. The molecular formula is C17H24FN3O5S. The standard InChI is InChI=1S/C17H24FN3O5S/c1-11(2)20-17(23)16(22)19-10-15-21(7-4-8-26-15)27(24,25)13-5-6-14(18)12(3)9-13/h5-6,9,11,15H,4,7-8,10H2,1-3H3,(H,19,22)(H,20,23). The number of hydrogen-bond donors (Lipinski definition) is 2. The van der Waals surface area contributed by atoms with Gasteiger partial charge in [-0.15, -0.1) is 0 Å². The summed E-state index contributed by atoms with van der Waals surface area (Å²) in [5, 5.41) is 4.84. The molecule has 8 nitrogen and oxygen atoms in total. The second-order valence-electron chi connectivity index (χ2n) is 6.54. The van der Waals surface area contributed by atoms with Crippen LogP contribution in [0.25, 0.3) is 0 Å². The molecule has 0 radical (unpaired) electrons. The van der Waals surface area contributed by atoms with Gasteiger partial charge in [0.05, 0.1) is 18.0 Å². The molecule has 2 rings (SSSR count). The van der Waals surface area contributed by atoms with Crippen LogP contribution in [0.3, 0.4) is 0 Å². The summed E-state index contributed by atoms with van der Waals surface area (Å²) in [6.07, 6.45) is -0.470. The van der Waals surface area contributed by atoms with Crippen molar-refractivity contribution in [3.8, 4) is 0 Å². The Balaban J connectivity index is 2.13. The van der Waals surface area contributed by atoms with Crippen LogP contribution in [-0.2, 0) is 24.3 Å². The fourth-order valence-corrected chi connectivity index (χ4v) is 4.25. The van der Waals surface area contributed by atoms with Crippen molar-refractivity contribution in [3.63, 3.8) is 0 Å². The van der Waals surface area contributed by atoms with Crippen molar-refractivity contribution < 1.29 is 27.1 Å². The monoisotopic (exact) mass is 401 g/mol. The highest BCUT2D eigenvalue weighted by Gasteiger charge is 2.35. The van der Waals surface area contributed by atoms with Crippen LogP contribution in [0.5, 0.6) is 0 Å². The first kappa shape index (κ1) is 21.3. The Kier molecular flexibility index (Phi) is 6.90. The molecule has 0 aliphatic carbocycles. The van der Waals surface area contributed by atoms with Gasteiger partial charge >= 0.3 is 11.8 Å². The van der Waals surface area contributed by atoms with Crippen LogP contribution in [0.1, 0.15) is 25.8 Å². The van der Waals surface area contributed by atoms with Crippen LogP contribution in [0.2, 0.25) is 0 Å². The third-order valence-corrected chi connectivity index (χ3v) is 5.84. The molecule has 27 heavy (non-hydrogen) atoms. The topological polar surface area (TPSA) is 105 Å². The molecule has 0 aromatic heterocycles. The number of nitrogens with one attached hydrogen (secondary N) is 2. The molecule has 1 fully saturated rings. The van der Waals surface area contributed by atoms with Crippen LogP contribution in [0.15, 0.2) is 23.1 Å². The lowest BCUT2D eigenvalue weighted by atomic mass is 10.2. The zero-order valence-electron chi connectivity index (χ0n) is 15.5. The molecule has 0 saturated carbocycles. The number of carbonyl (C=O) groups excluding carboxylic acids is 2. The predicted octanol–water partition coefficient (Wildman–Crippen LogP) is 0.512. The molecule has 2 N–H and O–H groups in total. The summed E-state index contributed by atoms with van der Waals surface area (Å²) < 4.78 is 45.9. The van der Waals surface area contributed by atoms with Crippen molar-refractivity contribution in [1.29, 1.82) is 0 Å². The minimum atomic E-state index is -3.95. The first-order chi connectivity index (χ1) is 12.6. The lowest BCUT2D eigenvalue weighted by Gasteiger charge is -2.34. The molecule has 1 saturated heterocycles. The molecule has 2 amide bonds. The molecule has 150 valence electrons. The van der Waals surface area contributed by atoms with E-state index in [-0.39, 0.29) is 29.6 Å². The summed E-state index contributed by atoms with van der Waals surface area (Å²) in [5.41, 5.74) is 0.212. The van der Waals surface area contributed by atoms with E-state index in [1.165, 1.54) is 19.1 Å². The van der Waals surface area contributed by atoms with Gasteiger partial charge in [-0.1, -0.05) is 0 Å². The Labute approximate surface area is 158 Å². The summed E-state index contributed by atoms with van der Waals surface area (Å²) >= 11 is 0. The molecular weight excluding hydrogens is 377 g/mol. The van der Waals surface area contributed by atoms with Gasteiger partial charge in [0.2, 0.25) is 10.0 Å². The minimum absolute atomic E-state index is 0.0548. The summed E-state index contributed by atoms with van der Waals surface area (Å²) in [6.45, 7) is 5.25. The Morgan fingerprint density at radius 2 is 2.04 bits per heavy atom. The Bertz CT molecular complexity index is 813. The number of ether oxygens (including phenoxy) is 1. The average molecular weight is 401 g/mol. The Morgan fingerprint density at radius 1 is 1.33 bits per heavy atom. The van der Waals surface area contributed by atoms with Crippen molar-refractivity contribution >= 4 is 21.8 Å². The van der Waals surface area contributed by atoms with Crippen molar-refractivity contribution in [2.24, 2.45) is 0 Å². The van der Waals surface area contributed by atoms with E-state index >= 15 is 0 Å². The second-order valence-corrected chi connectivity index (χ2v) is 8.43. The van der Waals surface area contributed by atoms with Gasteiger partial charge in [0.25, 0.3) is 0 Å². The summed E-state index contributed by atoms with van der Waals surface area (Å²) in [5.74, 6) is -2.17. The maximum atomic E-state index is 13.5. The Morgan fingerprint density at radius 3 is 2.67 bits per heavy atom. The molecule has 1 atom stereocenters. The van der Waals surface area contributed by atoms with Gasteiger partial charge in [-0.25, -0.2) is 12.8 Å². The maximum Gasteiger partial charge on any atom is 0.309 e. The lowest BCUT2D eigenvalue weighted by molar-refractivity contribution is -0.140. The van der Waals surface area contributed by atoms with Crippen LogP contribution in [0.4, 0.5) is 4.39 Å². The van der Waals surface area contributed by atoms with Crippen molar-refractivity contribution in [2.45, 2.75) is 44.4 Å². The maximum absolute atomic E-state index is 13.5. The van der Waals surface area contributed by atoms with Gasteiger partial charge in [-0.3, -0.25) is 9.59 Å². The number of aryl methyl sites for hydroxylation is 1. The fraction of sp³-hybridized carbons (Fsp3) is 0.529. The molecule has 1 aliphatic rings. The minimum Gasteiger partial charge on any atom is -0.360 e. The number of rotatable bonds is 5. The molecule has 0 spiro atoms. The Hall–Kier alpha value is -2.04. The van der Waals surface area contributed by atoms with Gasteiger partial charge in [0, 0.05) is 12.6 Å². The number of benzene rings is 1. The highest BCUT2D eigenvalue weighted by molar-refractivity contribution is 7.89. The molecule has 0 bridgehead atoms. The van der Waals surface area contributed by atoms with Gasteiger partial charge in [-0.2, -0.15) is 4.31 Å². The van der Waals surface area contributed by atoms with Crippen LogP contribution < -0.4 is 10.6 Å². The number of sulfonamides is 1. The van der Waals surface area contributed by atoms with E-state index < -0.39 is 33.9 Å². The summed E-state index contributed by atoms with van der Waals surface area (Å²) in [7, 11) is -3.95. The second kappa shape index (κ2) is 8.77. The molecule has 1 unspecified atom stereocenters. The van der Waals surface area contributed by atoms with Crippen LogP contribution >= 0.6 is 0 Å². The van der Waals surface area contributed by atoms with E-state index in [4.69, 9.17) is 4.74 Å². The smallest absolute Gasteiger partial charge is 0.309 e. The SMILES string of the molecule is Cc1cc(S(=O)(=O)N2CCCOC2CNC(=O)C(=O)NC(C)C)ccc1F. The predicted molar refractivity (Wildman–Crippen MR) is 95.7 cm³/mol. The summed E-state index contributed by atoms with van der Waals surface area (Å²) in [4.78, 5) is 23.5. The molecule has 1 heterocycles. The van der Waals surface area contributed by atoms with Gasteiger partial charge in [0.1, 0.15) is 12.0 Å². The van der Waals surface area contributed by atoms with Crippen molar-refractivity contribution in [2.75, 3.05) is 19.7 Å². The largest absolute Gasteiger partial charge is 0.360 e. The van der Waals surface area contributed by atoms with Crippen LogP contribution in [-0.4, -0.2) is 56.5 Å². The molecule has 1 aromatic carbocycles. The number of hydrogen-bond acceptors (Lipinski definition) is 5. The van der Waals surface area contributed by atoms with Crippen molar-refractivity contribution in [3.05, 3.63) is 29.6 Å².